The quantitative estimate of drug-likeness (QED) is 0.743. The van der Waals surface area contributed by atoms with Crippen LogP contribution in [-0.4, -0.2) is 48.7 Å². The summed E-state index contributed by atoms with van der Waals surface area (Å²) in [5.41, 5.74) is 0.216. The van der Waals surface area contributed by atoms with Gasteiger partial charge in [0.15, 0.2) is 11.5 Å². The number of aromatic nitrogens is 2. The van der Waals surface area contributed by atoms with Crippen molar-refractivity contribution in [2.24, 2.45) is 0 Å². The van der Waals surface area contributed by atoms with Crippen LogP contribution in [0.2, 0.25) is 0 Å². The van der Waals surface area contributed by atoms with Crippen LogP contribution in [0.1, 0.15) is 5.69 Å². The van der Waals surface area contributed by atoms with E-state index in [1.54, 1.807) is 11.9 Å². The molecule has 1 aromatic heterocycles. The Morgan fingerprint density at radius 1 is 1.61 bits per heavy atom. The predicted octanol–water partition coefficient (Wildman–Crippen LogP) is -0.701. The van der Waals surface area contributed by atoms with Crippen molar-refractivity contribution < 1.29 is 9.53 Å². The molecule has 7 nitrogen and oxygen atoms in total. The number of nitriles is 1. The van der Waals surface area contributed by atoms with E-state index in [-0.39, 0.29) is 18.2 Å². The van der Waals surface area contributed by atoms with Gasteiger partial charge in [-0.15, -0.1) is 0 Å². The number of carbonyl (C=O) groups is 1. The number of anilines is 1. The highest BCUT2D eigenvalue weighted by Gasteiger charge is 2.31. The van der Waals surface area contributed by atoms with Crippen molar-refractivity contribution in [2.75, 3.05) is 31.7 Å². The second-order valence-corrected chi connectivity index (χ2v) is 3.74. The number of ether oxygens (including phenoxy) is 1. The van der Waals surface area contributed by atoms with E-state index >= 15 is 0 Å². The lowest BCUT2D eigenvalue weighted by atomic mass is 10.2. The van der Waals surface area contributed by atoms with Gasteiger partial charge in [-0.25, -0.2) is 9.97 Å². The van der Waals surface area contributed by atoms with Crippen molar-refractivity contribution in [3.63, 3.8) is 0 Å². The summed E-state index contributed by atoms with van der Waals surface area (Å²) in [6.45, 7) is 1.28. The maximum atomic E-state index is 11.8. The number of hydrogen-bond donors (Lipinski definition) is 1. The van der Waals surface area contributed by atoms with Gasteiger partial charge in [0.05, 0.1) is 13.2 Å². The molecular formula is C11H13N5O2. The maximum Gasteiger partial charge on any atom is 0.244 e. The smallest absolute Gasteiger partial charge is 0.244 e. The van der Waals surface area contributed by atoms with Crippen molar-refractivity contribution in [2.45, 2.75) is 6.04 Å². The molecule has 1 N–H and O–H groups in total. The molecule has 0 radical (unpaired) electrons. The summed E-state index contributed by atoms with van der Waals surface area (Å²) in [6, 6.07) is 1.50. The third kappa shape index (κ3) is 2.24. The fourth-order valence-corrected chi connectivity index (χ4v) is 1.86. The van der Waals surface area contributed by atoms with Crippen LogP contribution in [0.5, 0.6) is 0 Å². The second-order valence-electron chi connectivity index (χ2n) is 3.74. The summed E-state index contributed by atoms with van der Waals surface area (Å²) in [6.07, 6.45) is 2.96. The van der Waals surface area contributed by atoms with Gasteiger partial charge < -0.3 is 15.0 Å². The summed E-state index contributed by atoms with van der Waals surface area (Å²) in [7, 11) is 1.57. The van der Waals surface area contributed by atoms with E-state index in [0.29, 0.717) is 19.0 Å². The highest BCUT2D eigenvalue weighted by Crippen LogP contribution is 2.19. The molecule has 1 aromatic rings. The standard InChI is InChI=1S/C11H13N5O2/c1-13-11(17)9-7-18-5-4-16(9)10-8(6-12)14-2-3-15-10/h2-3,9H,4-5,7H2,1H3,(H,13,17). The zero-order valence-electron chi connectivity index (χ0n) is 9.96. The number of morpholine rings is 1. The van der Waals surface area contributed by atoms with Gasteiger partial charge in [0, 0.05) is 26.0 Å². The van der Waals surface area contributed by atoms with Crippen LogP contribution in [0, 0.1) is 11.3 Å². The Kier molecular flexibility index (Phi) is 3.69. The number of nitrogens with one attached hydrogen (secondary N) is 1. The van der Waals surface area contributed by atoms with Crippen molar-refractivity contribution in [3.05, 3.63) is 18.1 Å². The first-order chi connectivity index (χ1) is 8.77. The van der Waals surface area contributed by atoms with Crippen LogP contribution in [0.4, 0.5) is 5.82 Å². The van der Waals surface area contributed by atoms with E-state index in [2.05, 4.69) is 15.3 Å². The van der Waals surface area contributed by atoms with Crippen molar-refractivity contribution >= 4 is 11.7 Å². The Morgan fingerprint density at radius 3 is 3.11 bits per heavy atom. The molecule has 1 aliphatic heterocycles. The molecule has 1 amide bonds. The Bertz CT molecular complexity index is 485. The van der Waals surface area contributed by atoms with Gasteiger partial charge in [-0.1, -0.05) is 0 Å². The number of likely N-dealkylation sites (N-methyl/N-ethyl adjacent to an activating group) is 1. The molecule has 0 aromatic carbocycles. The number of rotatable bonds is 2. The van der Waals surface area contributed by atoms with E-state index in [0.717, 1.165) is 0 Å². The Labute approximate surface area is 104 Å². The van der Waals surface area contributed by atoms with Gasteiger partial charge in [0.25, 0.3) is 0 Å². The van der Waals surface area contributed by atoms with E-state index in [1.165, 1.54) is 12.4 Å². The molecule has 1 fully saturated rings. The van der Waals surface area contributed by atoms with Gasteiger partial charge in [0.1, 0.15) is 12.1 Å². The summed E-state index contributed by atoms with van der Waals surface area (Å²) in [4.78, 5) is 21.6. The summed E-state index contributed by atoms with van der Waals surface area (Å²) in [5.74, 6) is 0.265. The van der Waals surface area contributed by atoms with Crippen molar-refractivity contribution in [3.8, 4) is 6.07 Å². The molecule has 7 heteroatoms. The molecule has 18 heavy (non-hydrogen) atoms. The van der Waals surface area contributed by atoms with E-state index in [1.807, 2.05) is 6.07 Å². The second kappa shape index (κ2) is 5.42. The molecule has 2 rings (SSSR count). The molecule has 1 atom stereocenters. The third-order valence-corrected chi connectivity index (χ3v) is 2.73. The third-order valence-electron chi connectivity index (χ3n) is 2.73. The first kappa shape index (κ1) is 12.3. The Hall–Kier alpha value is -2.20. The van der Waals surface area contributed by atoms with Gasteiger partial charge in [-0.3, -0.25) is 4.79 Å². The molecular weight excluding hydrogens is 234 g/mol. The number of nitrogens with zero attached hydrogens (tertiary/aromatic N) is 4. The average Bonchev–Trinajstić information content (AvgIpc) is 2.46. The van der Waals surface area contributed by atoms with Crippen LogP contribution in [-0.2, 0) is 9.53 Å². The summed E-state index contributed by atoms with van der Waals surface area (Å²) >= 11 is 0. The van der Waals surface area contributed by atoms with E-state index < -0.39 is 6.04 Å². The highest BCUT2D eigenvalue weighted by atomic mass is 16.5. The average molecular weight is 247 g/mol. The zero-order valence-corrected chi connectivity index (χ0v) is 9.96. The van der Waals surface area contributed by atoms with Gasteiger partial charge in [-0.05, 0) is 0 Å². The molecule has 1 unspecified atom stereocenters. The van der Waals surface area contributed by atoms with Crippen LogP contribution < -0.4 is 10.2 Å². The topological polar surface area (TPSA) is 91.1 Å². The summed E-state index contributed by atoms with van der Waals surface area (Å²) < 4.78 is 5.30. The van der Waals surface area contributed by atoms with E-state index in [4.69, 9.17) is 10.00 Å². The SMILES string of the molecule is CNC(=O)C1COCCN1c1nccnc1C#N. The molecule has 2 heterocycles. The lowest BCUT2D eigenvalue weighted by Crippen LogP contribution is -2.54. The maximum absolute atomic E-state index is 11.8. The van der Waals surface area contributed by atoms with Crippen LogP contribution in [0.3, 0.4) is 0 Å². The van der Waals surface area contributed by atoms with Crippen molar-refractivity contribution in [1.82, 2.24) is 15.3 Å². The highest BCUT2D eigenvalue weighted by molar-refractivity contribution is 5.85. The summed E-state index contributed by atoms with van der Waals surface area (Å²) in [5, 5.41) is 11.6. The minimum Gasteiger partial charge on any atom is -0.377 e. The van der Waals surface area contributed by atoms with Gasteiger partial charge >= 0.3 is 0 Å². The Balaban J connectivity index is 2.34. The first-order valence-electron chi connectivity index (χ1n) is 5.55. The van der Waals surface area contributed by atoms with Crippen LogP contribution in [0.25, 0.3) is 0 Å². The molecule has 0 saturated carbocycles. The fourth-order valence-electron chi connectivity index (χ4n) is 1.86. The minimum atomic E-state index is -0.479. The monoisotopic (exact) mass is 247 g/mol. The van der Waals surface area contributed by atoms with Gasteiger partial charge in [-0.2, -0.15) is 5.26 Å². The van der Waals surface area contributed by atoms with Gasteiger partial charge in [0.2, 0.25) is 5.91 Å². The molecule has 0 bridgehead atoms. The van der Waals surface area contributed by atoms with Crippen molar-refractivity contribution in [1.29, 1.82) is 5.26 Å². The number of carbonyl (C=O) groups excluding carboxylic acids is 1. The van der Waals surface area contributed by atoms with Crippen LogP contribution >= 0.6 is 0 Å². The molecule has 0 aliphatic carbocycles. The lowest BCUT2D eigenvalue weighted by molar-refractivity contribution is -0.124. The molecule has 94 valence electrons. The number of hydrogen-bond acceptors (Lipinski definition) is 6. The Morgan fingerprint density at radius 2 is 2.39 bits per heavy atom. The first-order valence-corrected chi connectivity index (χ1v) is 5.55. The fraction of sp³-hybridized carbons (Fsp3) is 0.455. The molecule has 0 spiro atoms. The molecule has 1 aliphatic rings. The van der Waals surface area contributed by atoms with E-state index in [9.17, 15) is 4.79 Å². The number of amides is 1. The normalized spacial score (nSPS) is 19.1. The largest absolute Gasteiger partial charge is 0.377 e. The predicted molar refractivity (Wildman–Crippen MR) is 62.8 cm³/mol. The lowest BCUT2D eigenvalue weighted by Gasteiger charge is -2.35. The zero-order chi connectivity index (χ0) is 13.0. The minimum absolute atomic E-state index is 0.163. The van der Waals surface area contributed by atoms with Crippen LogP contribution in [0.15, 0.2) is 12.4 Å². The molecule has 1 saturated heterocycles.